The van der Waals surface area contributed by atoms with Gasteiger partial charge < -0.3 is 11.5 Å². The molecule has 0 unspecified atom stereocenters. The van der Waals surface area contributed by atoms with Gasteiger partial charge in [0, 0.05) is 4.47 Å². The first-order chi connectivity index (χ1) is 7.42. The smallest absolute Gasteiger partial charge is 0.185 e. The Morgan fingerprint density at radius 1 is 1.24 bits per heavy atom. The molecule has 5 nitrogen and oxygen atoms in total. The summed E-state index contributed by atoms with van der Waals surface area (Å²) in [5, 5.41) is 0. The van der Waals surface area contributed by atoms with Crippen LogP contribution in [0, 0.1) is 0 Å². The Balaban J connectivity index is 0.00000256. The summed E-state index contributed by atoms with van der Waals surface area (Å²) in [5.74, 6) is -0.210. The summed E-state index contributed by atoms with van der Waals surface area (Å²) in [7, 11) is -3.31. The van der Waals surface area contributed by atoms with Crippen molar-refractivity contribution in [3.05, 3.63) is 28.7 Å². The van der Waals surface area contributed by atoms with Crippen LogP contribution in [-0.2, 0) is 9.84 Å². The number of aliphatic imine (C=N–C) groups is 1. The van der Waals surface area contributed by atoms with Gasteiger partial charge in [0.05, 0.1) is 17.2 Å². The second-order valence-electron chi connectivity index (χ2n) is 3.08. The third-order valence-electron chi connectivity index (χ3n) is 1.83. The number of hydrogen-bond acceptors (Lipinski definition) is 3. The van der Waals surface area contributed by atoms with Gasteiger partial charge in [-0.3, -0.25) is 4.99 Å². The van der Waals surface area contributed by atoms with Crippen LogP contribution in [0.2, 0.25) is 0 Å². The Kier molecular flexibility index (Phi) is 7.02. The van der Waals surface area contributed by atoms with Crippen LogP contribution in [0.3, 0.4) is 0 Å². The number of sulfone groups is 1. The summed E-state index contributed by atoms with van der Waals surface area (Å²) in [5.41, 5.74) is 10.2. The number of halogens is 2. The normalized spacial score (nSPS) is 10.4. The van der Waals surface area contributed by atoms with Crippen molar-refractivity contribution in [2.75, 3.05) is 12.3 Å². The van der Waals surface area contributed by atoms with Crippen LogP contribution < -0.4 is 11.5 Å². The molecule has 4 N–H and O–H groups in total. The van der Waals surface area contributed by atoms with E-state index in [1.807, 2.05) is 0 Å². The molecule has 0 saturated heterocycles. The molecule has 0 spiro atoms. The molecule has 0 aliphatic carbocycles. The molecule has 0 aliphatic heterocycles. The lowest BCUT2D eigenvalue weighted by Crippen LogP contribution is -2.24. The molecule has 0 radical (unpaired) electrons. The van der Waals surface area contributed by atoms with Gasteiger partial charge in [0.25, 0.3) is 0 Å². The zero-order chi connectivity index (χ0) is 12.2. The zero-order valence-corrected chi connectivity index (χ0v) is 13.6. The molecule has 0 aliphatic rings. The van der Waals surface area contributed by atoms with E-state index in [9.17, 15) is 8.42 Å². The van der Waals surface area contributed by atoms with E-state index in [-0.39, 0.29) is 47.1 Å². The lowest BCUT2D eigenvalue weighted by atomic mass is 10.4. The zero-order valence-electron chi connectivity index (χ0n) is 8.84. The maximum atomic E-state index is 11.8. The van der Waals surface area contributed by atoms with Crippen LogP contribution in [-0.4, -0.2) is 26.7 Å². The minimum atomic E-state index is -3.31. The maximum absolute atomic E-state index is 11.8. The van der Waals surface area contributed by atoms with Crippen molar-refractivity contribution in [2.24, 2.45) is 16.5 Å². The lowest BCUT2D eigenvalue weighted by Gasteiger charge is -2.02. The Morgan fingerprint density at radius 2 is 1.76 bits per heavy atom. The van der Waals surface area contributed by atoms with Gasteiger partial charge in [0.15, 0.2) is 15.8 Å². The first kappa shape index (κ1) is 16.6. The fourth-order valence-electron chi connectivity index (χ4n) is 1.05. The number of guanidine groups is 1. The van der Waals surface area contributed by atoms with E-state index >= 15 is 0 Å². The molecule has 0 amide bonds. The molecule has 1 aromatic rings. The van der Waals surface area contributed by atoms with E-state index in [1.165, 1.54) is 12.1 Å². The monoisotopic (exact) mass is 433 g/mol. The maximum Gasteiger partial charge on any atom is 0.185 e. The van der Waals surface area contributed by atoms with E-state index in [2.05, 4.69) is 20.9 Å². The summed E-state index contributed by atoms with van der Waals surface area (Å²) in [6, 6.07) is 6.42. The second kappa shape index (κ2) is 7.17. The summed E-state index contributed by atoms with van der Waals surface area (Å²) < 4.78 is 24.3. The van der Waals surface area contributed by atoms with E-state index in [0.29, 0.717) is 0 Å². The van der Waals surface area contributed by atoms with Crippen LogP contribution in [0.15, 0.2) is 38.6 Å². The van der Waals surface area contributed by atoms with E-state index in [0.717, 1.165) is 4.47 Å². The molecule has 0 atom stereocenters. The number of rotatable bonds is 4. The van der Waals surface area contributed by atoms with Gasteiger partial charge in [-0.25, -0.2) is 8.42 Å². The first-order valence-electron chi connectivity index (χ1n) is 4.45. The van der Waals surface area contributed by atoms with Crippen molar-refractivity contribution in [1.29, 1.82) is 0 Å². The largest absolute Gasteiger partial charge is 0.370 e. The molecule has 1 aromatic carbocycles. The lowest BCUT2D eigenvalue weighted by molar-refractivity contribution is 0.596. The van der Waals surface area contributed by atoms with Gasteiger partial charge in [-0.05, 0) is 24.3 Å². The van der Waals surface area contributed by atoms with Gasteiger partial charge in [-0.2, -0.15) is 0 Å². The minimum absolute atomic E-state index is 0. The topological polar surface area (TPSA) is 98.5 Å². The highest BCUT2D eigenvalue weighted by molar-refractivity contribution is 14.0. The van der Waals surface area contributed by atoms with Crippen LogP contribution in [0.1, 0.15) is 0 Å². The summed E-state index contributed by atoms with van der Waals surface area (Å²) in [6.07, 6.45) is 0. The SMILES string of the molecule is I.NC(N)=NCCS(=O)(=O)c1ccc(Br)cc1. The Labute approximate surface area is 126 Å². The molecule has 0 bridgehead atoms. The van der Waals surface area contributed by atoms with Gasteiger partial charge in [0.1, 0.15) is 0 Å². The fourth-order valence-corrected chi connectivity index (χ4v) is 2.44. The first-order valence-corrected chi connectivity index (χ1v) is 6.90. The van der Waals surface area contributed by atoms with Crippen LogP contribution in [0.5, 0.6) is 0 Å². The van der Waals surface area contributed by atoms with Crippen molar-refractivity contribution >= 4 is 55.7 Å². The quantitative estimate of drug-likeness (QED) is 0.422. The van der Waals surface area contributed by atoms with Gasteiger partial charge >= 0.3 is 0 Å². The highest BCUT2D eigenvalue weighted by Crippen LogP contribution is 2.15. The number of nitrogens with two attached hydrogens (primary N) is 2. The van der Waals surface area contributed by atoms with Crippen molar-refractivity contribution in [1.82, 2.24) is 0 Å². The van der Waals surface area contributed by atoms with Crippen molar-refractivity contribution in [3.63, 3.8) is 0 Å². The average molecular weight is 434 g/mol. The van der Waals surface area contributed by atoms with Crippen molar-refractivity contribution < 1.29 is 8.42 Å². The predicted molar refractivity (Wildman–Crippen MR) is 82.3 cm³/mol. The number of hydrogen-bond donors (Lipinski definition) is 2. The summed E-state index contributed by atoms with van der Waals surface area (Å²) in [4.78, 5) is 3.90. The Hall–Kier alpha value is -0.350. The highest BCUT2D eigenvalue weighted by atomic mass is 127. The second-order valence-corrected chi connectivity index (χ2v) is 6.10. The van der Waals surface area contributed by atoms with Crippen LogP contribution >= 0.6 is 39.9 Å². The van der Waals surface area contributed by atoms with Crippen LogP contribution in [0.4, 0.5) is 0 Å². The average Bonchev–Trinajstić information content (AvgIpc) is 2.17. The molecule has 8 heteroatoms. The molecule has 96 valence electrons. The Bertz CT molecular complexity index is 483. The van der Waals surface area contributed by atoms with Crippen molar-refractivity contribution in [3.8, 4) is 0 Å². The number of nitrogens with zero attached hydrogens (tertiary/aromatic N) is 1. The van der Waals surface area contributed by atoms with E-state index in [4.69, 9.17) is 11.5 Å². The molecular formula is C9H13BrIN3O2S. The van der Waals surface area contributed by atoms with Gasteiger partial charge in [0.2, 0.25) is 0 Å². The Morgan fingerprint density at radius 3 is 2.24 bits per heavy atom. The summed E-state index contributed by atoms with van der Waals surface area (Å²) in [6.45, 7) is 0.0702. The van der Waals surface area contributed by atoms with Gasteiger partial charge in [-0.1, -0.05) is 15.9 Å². The molecule has 0 saturated carbocycles. The highest BCUT2D eigenvalue weighted by Gasteiger charge is 2.13. The molecule has 17 heavy (non-hydrogen) atoms. The standard InChI is InChI=1S/C9H12BrN3O2S.HI/c10-7-1-3-8(4-2-7)16(14,15)6-5-13-9(11)12;/h1-4H,5-6H2,(H4,11,12,13);1H. The van der Waals surface area contributed by atoms with E-state index in [1.54, 1.807) is 12.1 Å². The van der Waals surface area contributed by atoms with Gasteiger partial charge in [-0.15, -0.1) is 24.0 Å². The molecular weight excluding hydrogens is 421 g/mol. The molecule has 0 fully saturated rings. The summed E-state index contributed by atoms with van der Waals surface area (Å²) >= 11 is 3.23. The van der Waals surface area contributed by atoms with Crippen LogP contribution in [0.25, 0.3) is 0 Å². The molecule has 1 rings (SSSR count). The van der Waals surface area contributed by atoms with E-state index < -0.39 is 9.84 Å². The third-order valence-corrected chi connectivity index (χ3v) is 4.07. The number of benzene rings is 1. The van der Waals surface area contributed by atoms with Crippen molar-refractivity contribution in [2.45, 2.75) is 4.90 Å². The predicted octanol–water partition coefficient (Wildman–Crippen LogP) is 1.11. The molecule has 0 heterocycles. The minimum Gasteiger partial charge on any atom is -0.370 e. The fraction of sp³-hybridized carbons (Fsp3) is 0.222. The third kappa shape index (κ3) is 5.68. The molecule has 0 aromatic heterocycles.